The second-order valence-electron chi connectivity index (χ2n) is 6.42. The van der Waals surface area contributed by atoms with Crippen LogP contribution < -0.4 is 10.6 Å². The number of nitrogens with one attached hydrogen (secondary N) is 2. The summed E-state index contributed by atoms with van der Waals surface area (Å²) in [4.78, 5) is 39.3. The molecular formula is C18H18N8O2S. The highest BCUT2D eigenvalue weighted by atomic mass is 32.1. The average molecular weight is 410 g/mol. The molecule has 3 aromatic rings. The maximum absolute atomic E-state index is 13.0. The van der Waals surface area contributed by atoms with Crippen LogP contribution in [0.5, 0.6) is 0 Å². The standard InChI is InChI=1S/C18H18N8O2S/c27-16(22-14-11-20-7-8-21-14)15-17(29-25-24-15)23-18(28)26-9-2-1-5-13(26)12-4-3-6-19-10-12/h3-4,6-8,10-11,13H,1-2,5,9H2,(H,23,28)(H,21,22,27)/t13-/m1/s1. The molecule has 0 radical (unpaired) electrons. The van der Waals surface area contributed by atoms with Crippen LogP contribution in [0.1, 0.15) is 41.4 Å². The fourth-order valence-electron chi connectivity index (χ4n) is 3.22. The molecule has 29 heavy (non-hydrogen) atoms. The van der Waals surface area contributed by atoms with Crippen LogP contribution in [-0.4, -0.2) is 47.9 Å². The Hall–Kier alpha value is -3.47. The molecule has 0 aliphatic carbocycles. The average Bonchev–Trinajstić information content (AvgIpc) is 3.23. The lowest BCUT2D eigenvalue weighted by atomic mass is 9.97. The third-order valence-corrected chi connectivity index (χ3v) is 5.20. The summed E-state index contributed by atoms with van der Waals surface area (Å²) in [6.45, 7) is 0.624. The Kier molecular flexibility index (Phi) is 5.66. The SMILES string of the molecule is O=C(Nc1cnccn1)c1nnsc1NC(=O)N1CCCC[C@@H]1c1cccnc1. The summed E-state index contributed by atoms with van der Waals surface area (Å²) in [5.74, 6) is -0.229. The number of carbonyl (C=O) groups is 2. The lowest BCUT2D eigenvalue weighted by molar-refractivity contribution is 0.102. The zero-order valence-electron chi connectivity index (χ0n) is 15.4. The molecule has 4 heterocycles. The van der Waals surface area contributed by atoms with Crippen molar-refractivity contribution < 1.29 is 9.59 Å². The minimum Gasteiger partial charge on any atom is -0.317 e. The third kappa shape index (κ3) is 4.35. The molecule has 0 bridgehead atoms. The minimum absolute atomic E-state index is 0.0314. The molecule has 1 atom stereocenters. The van der Waals surface area contributed by atoms with Gasteiger partial charge in [-0.15, -0.1) is 5.10 Å². The second kappa shape index (κ2) is 8.69. The number of nitrogens with zero attached hydrogens (tertiary/aromatic N) is 6. The molecule has 4 rings (SSSR count). The number of hydrogen-bond donors (Lipinski definition) is 2. The Morgan fingerprint density at radius 2 is 2.00 bits per heavy atom. The van der Waals surface area contributed by atoms with Crippen molar-refractivity contribution in [1.29, 1.82) is 0 Å². The molecule has 10 nitrogen and oxygen atoms in total. The van der Waals surface area contributed by atoms with Gasteiger partial charge in [-0.2, -0.15) is 0 Å². The summed E-state index contributed by atoms with van der Waals surface area (Å²) in [5, 5.41) is 9.52. The van der Waals surface area contributed by atoms with E-state index in [0.29, 0.717) is 6.54 Å². The molecule has 0 aromatic carbocycles. The van der Waals surface area contributed by atoms with Gasteiger partial charge in [0.1, 0.15) is 0 Å². The van der Waals surface area contributed by atoms with Crippen LogP contribution in [-0.2, 0) is 0 Å². The minimum atomic E-state index is -0.517. The Morgan fingerprint density at radius 3 is 2.79 bits per heavy atom. The molecule has 0 unspecified atom stereocenters. The van der Waals surface area contributed by atoms with Crippen molar-refractivity contribution >= 4 is 34.3 Å². The maximum atomic E-state index is 13.0. The molecule has 1 aliphatic rings. The molecule has 148 valence electrons. The van der Waals surface area contributed by atoms with Crippen LogP contribution in [0.2, 0.25) is 0 Å². The van der Waals surface area contributed by atoms with Crippen molar-refractivity contribution in [2.24, 2.45) is 0 Å². The molecule has 0 spiro atoms. The first-order valence-corrected chi connectivity index (χ1v) is 9.87. The van der Waals surface area contributed by atoms with Crippen LogP contribution in [0, 0.1) is 0 Å². The van der Waals surface area contributed by atoms with Gasteiger partial charge < -0.3 is 10.2 Å². The molecule has 1 saturated heterocycles. The van der Waals surface area contributed by atoms with E-state index in [1.165, 1.54) is 18.6 Å². The van der Waals surface area contributed by atoms with E-state index in [4.69, 9.17) is 0 Å². The lowest BCUT2D eigenvalue weighted by Crippen LogP contribution is -2.41. The molecule has 11 heteroatoms. The summed E-state index contributed by atoms with van der Waals surface area (Å²) in [7, 11) is 0. The van der Waals surface area contributed by atoms with E-state index < -0.39 is 5.91 Å². The van der Waals surface area contributed by atoms with Crippen LogP contribution >= 0.6 is 11.5 Å². The van der Waals surface area contributed by atoms with Gasteiger partial charge >= 0.3 is 6.03 Å². The zero-order chi connectivity index (χ0) is 20.1. The number of rotatable bonds is 4. The van der Waals surface area contributed by atoms with Gasteiger partial charge in [-0.25, -0.2) is 9.78 Å². The number of aromatic nitrogens is 5. The maximum Gasteiger partial charge on any atom is 0.323 e. The van der Waals surface area contributed by atoms with Gasteiger partial charge in [-0.05, 0) is 30.9 Å². The summed E-state index contributed by atoms with van der Waals surface area (Å²) >= 11 is 0.949. The number of urea groups is 1. The molecular weight excluding hydrogens is 392 g/mol. The molecule has 1 fully saturated rings. The predicted octanol–water partition coefficient (Wildman–Crippen LogP) is 2.73. The summed E-state index contributed by atoms with van der Waals surface area (Å²) in [6.07, 6.45) is 10.7. The Bertz CT molecular complexity index is 982. The molecule has 1 aliphatic heterocycles. The highest BCUT2D eigenvalue weighted by molar-refractivity contribution is 7.10. The lowest BCUT2D eigenvalue weighted by Gasteiger charge is -2.35. The normalized spacial score (nSPS) is 16.3. The second-order valence-corrected chi connectivity index (χ2v) is 7.17. The zero-order valence-corrected chi connectivity index (χ0v) is 16.2. The number of anilines is 2. The summed E-state index contributed by atoms with van der Waals surface area (Å²) in [5.41, 5.74) is 1.02. The van der Waals surface area contributed by atoms with Crippen molar-refractivity contribution in [3.63, 3.8) is 0 Å². The van der Waals surface area contributed by atoms with Gasteiger partial charge in [0, 0.05) is 42.9 Å². The Balaban J connectivity index is 1.48. The van der Waals surface area contributed by atoms with Gasteiger partial charge in [-0.1, -0.05) is 10.6 Å². The van der Waals surface area contributed by atoms with Crippen molar-refractivity contribution in [3.05, 3.63) is 54.4 Å². The van der Waals surface area contributed by atoms with Crippen LogP contribution in [0.15, 0.2) is 43.1 Å². The highest BCUT2D eigenvalue weighted by Crippen LogP contribution is 2.31. The number of pyridine rings is 1. The molecule has 3 amide bonds. The van der Waals surface area contributed by atoms with E-state index in [0.717, 1.165) is 36.4 Å². The number of piperidine rings is 1. The first-order valence-electron chi connectivity index (χ1n) is 9.09. The van der Waals surface area contributed by atoms with Crippen molar-refractivity contribution in [2.45, 2.75) is 25.3 Å². The van der Waals surface area contributed by atoms with Crippen molar-refractivity contribution in [2.75, 3.05) is 17.2 Å². The van der Waals surface area contributed by atoms with Gasteiger partial charge in [0.2, 0.25) is 0 Å². The van der Waals surface area contributed by atoms with Gasteiger partial charge in [0.25, 0.3) is 5.91 Å². The monoisotopic (exact) mass is 410 g/mol. The van der Waals surface area contributed by atoms with Crippen molar-refractivity contribution in [3.8, 4) is 0 Å². The van der Waals surface area contributed by atoms with E-state index >= 15 is 0 Å². The summed E-state index contributed by atoms with van der Waals surface area (Å²) < 4.78 is 3.81. The van der Waals surface area contributed by atoms with E-state index in [1.807, 2.05) is 12.1 Å². The van der Waals surface area contributed by atoms with E-state index in [9.17, 15) is 9.59 Å². The molecule has 3 aromatic heterocycles. The van der Waals surface area contributed by atoms with Crippen LogP contribution in [0.4, 0.5) is 15.6 Å². The number of likely N-dealkylation sites (tertiary alicyclic amines) is 1. The fraction of sp³-hybridized carbons (Fsp3) is 0.278. The number of hydrogen-bond acceptors (Lipinski definition) is 8. The quantitative estimate of drug-likeness (QED) is 0.677. The van der Waals surface area contributed by atoms with Crippen LogP contribution in [0.25, 0.3) is 0 Å². The topological polar surface area (TPSA) is 126 Å². The van der Waals surface area contributed by atoms with E-state index in [-0.39, 0.29) is 28.6 Å². The summed E-state index contributed by atoms with van der Waals surface area (Å²) in [6, 6.07) is 3.48. The number of carbonyl (C=O) groups excluding carboxylic acids is 2. The highest BCUT2D eigenvalue weighted by Gasteiger charge is 2.29. The van der Waals surface area contributed by atoms with Gasteiger partial charge in [-0.3, -0.25) is 20.1 Å². The van der Waals surface area contributed by atoms with Gasteiger partial charge in [0.15, 0.2) is 16.5 Å². The first-order chi connectivity index (χ1) is 14.2. The molecule has 0 saturated carbocycles. The first kappa shape index (κ1) is 18.9. The number of amides is 3. The fourth-order valence-corrected chi connectivity index (χ4v) is 3.78. The Morgan fingerprint density at radius 1 is 1.10 bits per heavy atom. The smallest absolute Gasteiger partial charge is 0.317 e. The van der Waals surface area contributed by atoms with Crippen LogP contribution in [0.3, 0.4) is 0 Å². The van der Waals surface area contributed by atoms with Gasteiger partial charge in [0.05, 0.1) is 12.2 Å². The third-order valence-electron chi connectivity index (χ3n) is 4.56. The van der Waals surface area contributed by atoms with Crippen molar-refractivity contribution in [1.82, 2.24) is 29.4 Å². The predicted molar refractivity (Wildman–Crippen MR) is 106 cm³/mol. The van der Waals surface area contributed by atoms with E-state index in [1.54, 1.807) is 17.3 Å². The van der Waals surface area contributed by atoms with E-state index in [2.05, 4.69) is 35.2 Å². The Labute approximate surface area is 170 Å². The molecule has 2 N–H and O–H groups in total. The largest absolute Gasteiger partial charge is 0.323 e.